The number of para-hydroxylation sites is 1. The van der Waals surface area contributed by atoms with E-state index in [4.69, 9.17) is 4.74 Å². The van der Waals surface area contributed by atoms with E-state index in [0.29, 0.717) is 23.6 Å². The van der Waals surface area contributed by atoms with Gasteiger partial charge in [-0.1, -0.05) is 18.2 Å². The van der Waals surface area contributed by atoms with Crippen LogP contribution in [-0.2, 0) is 4.79 Å². The van der Waals surface area contributed by atoms with Crippen LogP contribution in [0, 0.1) is 5.82 Å². The molecule has 2 rings (SSSR count). The highest BCUT2D eigenvalue weighted by molar-refractivity contribution is 5.75. The Hall–Kier alpha value is -2.36. The third-order valence-electron chi connectivity index (χ3n) is 2.13. The summed E-state index contributed by atoms with van der Waals surface area (Å²) in [6.07, 6.45) is 0.479. The van der Waals surface area contributed by atoms with Gasteiger partial charge in [0.15, 0.2) is 5.75 Å². The molecular weight excluding hydrogens is 221 g/mol. The Bertz CT molecular complexity index is 514. The van der Waals surface area contributed by atoms with Crippen molar-refractivity contribution in [3.05, 3.63) is 54.3 Å². The summed E-state index contributed by atoms with van der Waals surface area (Å²) in [5.74, 6) is 0.576. The maximum atomic E-state index is 13.0. The second-order valence-corrected chi connectivity index (χ2v) is 3.32. The van der Waals surface area contributed by atoms with Crippen LogP contribution in [0.2, 0.25) is 0 Å². The van der Waals surface area contributed by atoms with Crippen molar-refractivity contribution < 1.29 is 13.9 Å². The van der Waals surface area contributed by atoms with Crippen molar-refractivity contribution in [2.75, 3.05) is 5.32 Å². The number of carbonyl (C=O) groups is 1. The average molecular weight is 231 g/mol. The number of benzene rings is 2. The topological polar surface area (TPSA) is 38.3 Å². The molecule has 0 heterocycles. The highest BCUT2D eigenvalue weighted by atomic mass is 19.1. The fourth-order valence-electron chi connectivity index (χ4n) is 1.38. The summed E-state index contributed by atoms with van der Waals surface area (Å²) in [7, 11) is 0. The van der Waals surface area contributed by atoms with Crippen molar-refractivity contribution in [1.29, 1.82) is 0 Å². The molecule has 86 valence electrons. The third-order valence-corrected chi connectivity index (χ3v) is 2.13. The third kappa shape index (κ3) is 2.81. The summed E-state index contributed by atoms with van der Waals surface area (Å²) in [6.45, 7) is 0. The van der Waals surface area contributed by atoms with Gasteiger partial charge in [-0.3, -0.25) is 4.79 Å². The van der Waals surface area contributed by atoms with Crippen LogP contribution in [0.15, 0.2) is 48.5 Å². The first-order valence-electron chi connectivity index (χ1n) is 5.02. The molecule has 0 bridgehead atoms. The predicted molar refractivity (Wildman–Crippen MR) is 62.6 cm³/mol. The van der Waals surface area contributed by atoms with E-state index in [-0.39, 0.29) is 0 Å². The van der Waals surface area contributed by atoms with Crippen LogP contribution in [0.5, 0.6) is 11.5 Å². The van der Waals surface area contributed by atoms with Crippen molar-refractivity contribution in [2.45, 2.75) is 0 Å². The van der Waals surface area contributed by atoms with Crippen molar-refractivity contribution in [3.8, 4) is 11.5 Å². The highest BCUT2D eigenvalue weighted by Crippen LogP contribution is 2.29. The summed E-state index contributed by atoms with van der Waals surface area (Å²) < 4.78 is 18.5. The summed E-state index contributed by atoms with van der Waals surface area (Å²) in [4.78, 5) is 10.4. The lowest BCUT2D eigenvalue weighted by molar-refractivity contribution is -0.105. The molecule has 0 spiro atoms. The van der Waals surface area contributed by atoms with Crippen molar-refractivity contribution in [1.82, 2.24) is 0 Å². The molecule has 0 atom stereocenters. The van der Waals surface area contributed by atoms with Crippen LogP contribution in [0.25, 0.3) is 0 Å². The number of nitrogens with one attached hydrogen (secondary N) is 1. The minimum atomic E-state index is -0.435. The van der Waals surface area contributed by atoms with Gasteiger partial charge in [0.25, 0.3) is 0 Å². The second kappa shape index (κ2) is 5.12. The van der Waals surface area contributed by atoms with Gasteiger partial charge in [-0.15, -0.1) is 0 Å². The number of hydrogen-bond acceptors (Lipinski definition) is 2. The lowest BCUT2D eigenvalue weighted by atomic mass is 10.2. The van der Waals surface area contributed by atoms with Gasteiger partial charge in [-0.25, -0.2) is 4.39 Å². The molecule has 4 heteroatoms. The Balaban J connectivity index is 2.29. The Morgan fingerprint density at radius 2 is 1.88 bits per heavy atom. The molecule has 0 aromatic heterocycles. The number of ether oxygens (including phenoxy) is 1. The Morgan fingerprint density at radius 1 is 1.12 bits per heavy atom. The first kappa shape index (κ1) is 11.1. The monoisotopic (exact) mass is 231 g/mol. The van der Waals surface area contributed by atoms with Crippen LogP contribution in [0.1, 0.15) is 0 Å². The minimum absolute atomic E-state index is 0.295. The smallest absolute Gasteiger partial charge is 0.211 e. The summed E-state index contributed by atoms with van der Waals surface area (Å²) >= 11 is 0. The number of rotatable bonds is 4. The zero-order chi connectivity index (χ0) is 12.1. The normalized spacial score (nSPS) is 9.71. The second-order valence-electron chi connectivity index (χ2n) is 3.32. The average Bonchev–Trinajstić information content (AvgIpc) is 2.34. The van der Waals surface area contributed by atoms with E-state index in [2.05, 4.69) is 5.32 Å². The number of halogens is 1. The van der Waals surface area contributed by atoms with Crippen molar-refractivity contribution >= 4 is 12.1 Å². The molecular formula is C13H10FNO2. The fraction of sp³-hybridized carbons (Fsp3) is 0. The van der Waals surface area contributed by atoms with Crippen molar-refractivity contribution in [2.24, 2.45) is 0 Å². The largest absolute Gasteiger partial charge is 0.455 e. The molecule has 0 aliphatic heterocycles. The van der Waals surface area contributed by atoms with Gasteiger partial charge in [-0.05, 0) is 24.3 Å². The first-order chi connectivity index (χ1) is 8.29. The van der Waals surface area contributed by atoms with Crippen LogP contribution < -0.4 is 10.1 Å². The van der Waals surface area contributed by atoms with Gasteiger partial charge in [0.2, 0.25) is 6.41 Å². The maximum Gasteiger partial charge on any atom is 0.211 e. The number of amides is 1. The van der Waals surface area contributed by atoms with E-state index < -0.39 is 5.82 Å². The number of hydrogen-bond donors (Lipinski definition) is 1. The Labute approximate surface area is 97.8 Å². The quantitative estimate of drug-likeness (QED) is 0.820. The van der Waals surface area contributed by atoms with E-state index in [9.17, 15) is 9.18 Å². The standard InChI is InChI=1S/C13H10FNO2/c14-10-6-7-13(12(8-10)15-9-16)17-11-4-2-1-3-5-11/h1-9H,(H,15,16). The van der Waals surface area contributed by atoms with E-state index in [1.165, 1.54) is 18.2 Å². The van der Waals surface area contributed by atoms with E-state index in [0.717, 1.165) is 0 Å². The lowest BCUT2D eigenvalue weighted by Crippen LogP contribution is -1.97. The molecule has 0 saturated carbocycles. The SMILES string of the molecule is O=CNc1cc(F)ccc1Oc1ccccc1. The van der Waals surface area contributed by atoms with Crippen molar-refractivity contribution in [3.63, 3.8) is 0 Å². The maximum absolute atomic E-state index is 13.0. The zero-order valence-corrected chi connectivity index (χ0v) is 8.89. The van der Waals surface area contributed by atoms with Gasteiger partial charge in [0.1, 0.15) is 11.6 Å². The molecule has 0 fully saturated rings. The van der Waals surface area contributed by atoms with E-state index in [1.807, 2.05) is 18.2 Å². The number of carbonyl (C=O) groups excluding carboxylic acids is 1. The molecule has 0 aliphatic carbocycles. The minimum Gasteiger partial charge on any atom is -0.455 e. The first-order valence-corrected chi connectivity index (χ1v) is 5.02. The molecule has 0 unspecified atom stereocenters. The summed E-state index contributed by atoms with van der Waals surface area (Å²) in [5.41, 5.74) is 0.295. The van der Waals surface area contributed by atoms with Crippen LogP contribution in [0.3, 0.4) is 0 Å². The molecule has 17 heavy (non-hydrogen) atoms. The molecule has 1 N–H and O–H groups in total. The van der Waals surface area contributed by atoms with Gasteiger partial charge in [0.05, 0.1) is 5.69 Å². The predicted octanol–water partition coefficient (Wildman–Crippen LogP) is 3.19. The van der Waals surface area contributed by atoms with Crippen LogP contribution >= 0.6 is 0 Å². The molecule has 1 amide bonds. The van der Waals surface area contributed by atoms with Gasteiger partial charge >= 0.3 is 0 Å². The molecule has 2 aromatic rings. The molecule has 2 aromatic carbocycles. The zero-order valence-electron chi connectivity index (χ0n) is 8.89. The van der Waals surface area contributed by atoms with Crippen LogP contribution in [-0.4, -0.2) is 6.41 Å². The van der Waals surface area contributed by atoms with Gasteiger partial charge in [0, 0.05) is 6.07 Å². The van der Waals surface area contributed by atoms with E-state index in [1.54, 1.807) is 12.1 Å². The van der Waals surface area contributed by atoms with E-state index >= 15 is 0 Å². The fourth-order valence-corrected chi connectivity index (χ4v) is 1.38. The Morgan fingerprint density at radius 3 is 2.59 bits per heavy atom. The molecule has 3 nitrogen and oxygen atoms in total. The van der Waals surface area contributed by atoms with Crippen LogP contribution in [0.4, 0.5) is 10.1 Å². The lowest BCUT2D eigenvalue weighted by Gasteiger charge is -2.10. The van der Waals surface area contributed by atoms with Gasteiger partial charge in [-0.2, -0.15) is 0 Å². The summed E-state index contributed by atoms with van der Waals surface area (Å²) in [6, 6.07) is 13.0. The Kier molecular flexibility index (Phi) is 3.35. The highest BCUT2D eigenvalue weighted by Gasteiger charge is 2.05. The summed E-state index contributed by atoms with van der Waals surface area (Å²) in [5, 5.41) is 2.39. The molecule has 0 saturated heterocycles. The molecule has 0 radical (unpaired) electrons. The number of anilines is 1. The van der Waals surface area contributed by atoms with Gasteiger partial charge < -0.3 is 10.1 Å². The molecule has 0 aliphatic rings.